The van der Waals surface area contributed by atoms with E-state index >= 15 is 0 Å². The molecular weight excluding hydrogens is 432 g/mol. The van der Waals surface area contributed by atoms with Crippen LogP contribution >= 0.6 is 0 Å². The molecule has 2 aliphatic rings. The fourth-order valence-electron chi connectivity index (χ4n) is 5.07. The van der Waals surface area contributed by atoms with Gasteiger partial charge in [0.25, 0.3) is 0 Å². The van der Waals surface area contributed by atoms with Crippen LogP contribution in [0.15, 0.2) is 58.3 Å². The van der Waals surface area contributed by atoms with E-state index in [0.717, 1.165) is 39.4 Å². The van der Waals surface area contributed by atoms with Crippen molar-refractivity contribution in [2.24, 2.45) is 0 Å². The van der Waals surface area contributed by atoms with E-state index in [2.05, 4.69) is 10.5 Å². The molecule has 0 radical (unpaired) electrons. The summed E-state index contributed by atoms with van der Waals surface area (Å²) < 4.78 is 22.1. The molecule has 7 heteroatoms. The van der Waals surface area contributed by atoms with Gasteiger partial charge in [-0.2, -0.15) is 0 Å². The number of ketones is 1. The van der Waals surface area contributed by atoms with Crippen molar-refractivity contribution in [3.8, 4) is 17.2 Å². The van der Waals surface area contributed by atoms with Gasteiger partial charge in [-0.3, -0.25) is 4.79 Å². The molecule has 3 aromatic rings. The zero-order valence-electron chi connectivity index (χ0n) is 19.8. The molecule has 1 N–H and O–H groups in total. The van der Waals surface area contributed by atoms with Crippen LogP contribution in [0.25, 0.3) is 0 Å². The molecule has 0 unspecified atom stereocenters. The third-order valence-electron chi connectivity index (χ3n) is 6.66. The Morgan fingerprint density at radius 3 is 2.47 bits per heavy atom. The lowest BCUT2D eigenvalue weighted by Crippen LogP contribution is -2.29. The quantitative estimate of drug-likeness (QED) is 0.530. The highest BCUT2D eigenvalue weighted by molar-refractivity contribution is 6.01. The largest absolute Gasteiger partial charge is 0.494 e. The van der Waals surface area contributed by atoms with Crippen LogP contribution in [0.2, 0.25) is 0 Å². The molecule has 0 spiro atoms. The monoisotopic (exact) mass is 460 g/mol. The Morgan fingerprint density at radius 2 is 1.76 bits per heavy atom. The molecule has 1 aliphatic carbocycles. The van der Waals surface area contributed by atoms with Crippen molar-refractivity contribution in [2.45, 2.75) is 38.5 Å². The molecule has 2 aromatic carbocycles. The van der Waals surface area contributed by atoms with Crippen molar-refractivity contribution in [1.29, 1.82) is 0 Å². The van der Waals surface area contributed by atoms with Crippen LogP contribution in [-0.2, 0) is 4.79 Å². The molecule has 7 nitrogen and oxygen atoms in total. The van der Waals surface area contributed by atoms with Gasteiger partial charge in [0.15, 0.2) is 17.3 Å². The molecule has 1 aliphatic heterocycles. The molecule has 0 fully saturated rings. The minimum absolute atomic E-state index is 0.0186. The van der Waals surface area contributed by atoms with Gasteiger partial charge in [-0.05, 0) is 61.6 Å². The van der Waals surface area contributed by atoms with Crippen LogP contribution in [0.5, 0.6) is 17.2 Å². The summed E-state index contributed by atoms with van der Waals surface area (Å²) in [6, 6.07) is 13.8. The number of nitrogens with zero attached hydrogens (tertiary/aromatic N) is 1. The number of rotatable bonds is 6. The maximum absolute atomic E-state index is 13.7. The Bertz CT molecular complexity index is 1260. The summed E-state index contributed by atoms with van der Waals surface area (Å²) in [6.07, 6.45) is 1.10. The summed E-state index contributed by atoms with van der Waals surface area (Å²) in [5.74, 6) is 2.65. The van der Waals surface area contributed by atoms with E-state index in [1.165, 1.54) is 0 Å². The second kappa shape index (κ2) is 8.89. The number of ether oxygens (including phenoxy) is 3. The predicted octanol–water partition coefficient (Wildman–Crippen LogP) is 5.36. The van der Waals surface area contributed by atoms with Crippen LogP contribution in [0.1, 0.15) is 54.0 Å². The van der Waals surface area contributed by atoms with E-state index in [0.29, 0.717) is 36.8 Å². The van der Waals surface area contributed by atoms with Crippen LogP contribution in [0.4, 0.5) is 5.88 Å². The smallest absolute Gasteiger partial charge is 0.233 e. The fourth-order valence-corrected chi connectivity index (χ4v) is 5.07. The number of nitrogens with one attached hydrogen (secondary N) is 1. The van der Waals surface area contributed by atoms with Crippen molar-refractivity contribution in [1.82, 2.24) is 5.16 Å². The highest BCUT2D eigenvalue weighted by Crippen LogP contribution is 2.49. The number of fused-ring (bicyclic) bond motifs is 1. The lowest BCUT2D eigenvalue weighted by molar-refractivity contribution is -0.116. The maximum atomic E-state index is 13.7. The number of aryl methyl sites for hydroxylation is 1. The normalized spacial score (nSPS) is 19.2. The summed E-state index contributed by atoms with van der Waals surface area (Å²) in [5, 5.41) is 7.57. The second-order valence-corrected chi connectivity index (χ2v) is 8.61. The fraction of sp³-hybridized carbons (Fsp3) is 0.333. The van der Waals surface area contributed by atoms with E-state index in [1.54, 1.807) is 14.2 Å². The van der Waals surface area contributed by atoms with E-state index in [4.69, 9.17) is 18.7 Å². The molecule has 5 rings (SSSR count). The molecule has 2 atom stereocenters. The third-order valence-corrected chi connectivity index (χ3v) is 6.66. The van der Waals surface area contributed by atoms with Crippen LogP contribution in [0.3, 0.4) is 0 Å². The van der Waals surface area contributed by atoms with Crippen LogP contribution in [-0.4, -0.2) is 31.8 Å². The van der Waals surface area contributed by atoms with Crippen molar-refractivity contribution in [2.75, 3.05) is 26.1 Å². The summed E-state index contributed by atoms with van der Waals surface area (Å²) in [4.78, 5) is 13.7. The molecule has 0 saturated heterocycles. The molecule has 0 amide bonds. The number of hydrogen-bond acceptors (Lipinski definition) is 7. The minimum atomic E-state index is -0.230. The lowest BCUT2D eigenvalue weighted by atomic mass is 9.72. The average molecular weight is 461 g/mol. The van der Waals surface area contributed by atoms with Gasteiger partial charge in [-0.25, -0.2) is 0 Å². The number of anilines is 1. The van der Waals surface area contributed by atoms with Crippen molar-refractivity contribution >= 4 is 11.7 Å². The molecule has 1 aromatic heterocycles. The molecular formula is C27H28N2O5. The van der Waals surface area contributed by atoms with Gasteiger partial charge in [0.05, 0.1) is 32.1 Å². The number of methoxy groups -OCH3 is 2. The van der Waals surface area contributed by atoms with E-state index in [9.17, 15) is 4.79 Å². The predicted molar refractivity (Wildman–Crippen MR) is 128 cm³/mol. The van der Waals surface area contributed by atoms with E-state index < -0.39 is 0 Å². The zero-order valence-corrected chi connectivity index (χ0v) is 19.8. The summed E-state index contributed by atoms with van der Waals surface area (Å²) in [6.45, 7) is 4.48. The molecule has 2 heterocycles. The number of aromatic nitrogens is 1. The van der Waals surface area contributed by atoms with E-state index in [-0.39, 0.29) is 17.6 Å². The van der Waals surface area contributed by atoms with Crippen molar-refractivity contribution < 1.29 is 23.5 Å². The highest BCUT2D eigenvalue weighted by Gasteiger charge is 2.41. The van der Waals surface area contributed by atoms with Gasteiger partial charge >= 0.3 is 0 Å². The van der Waals surface area contributed by atoms with Gasteiger partial charge in [0.1, 0.15) is 5.75 Å². The summed E-state index contributed by atoms with van der Waals surface area (Å²) in [5.41, 5.74) is 5.43. The molecule has 176 valence electrons. The average Bonchev–Trinajstić information content (AvgIpc) is 3.23. The Morgan fingerprint density at radius 1 is 1.03 bits per heavy atom. The Kier molecular flexibility index (Phi) is 5.77. The highest BCUT2D eigenvalue weighted by atomic mass is 16.5. The SMILES string of the molecule is CCOc1ccc([C@H]2C3=C(C[C@H](c4ccc(OC)c(OC)c4)CC3=O)Nc3onc(C)c32)cc1. The summed E-state index contributed by atoms with van der Waals surface area (Å²) >= 11 is 0. The number of carbonyl (C=O) groups excluding carboxylic acids is 1. The number of hydrogen-bond donors (Lipinski definition) is 1. The standard InChI is InChI=1S/C27H28N2O5/c1-5-33-19-9-6-16(7-10-19)25-24-15(2)29-34-27(24)28-20-12-18(13-21(30)26(20)25)17-8-11-22(31-3)23(14-17)32-4/h6-11,14,18,25,28H,5,12-13H2,1-4H3/t18-,25+/m0/s1. The van der Waals surface area contributed by atoms with Crippen molar-refractivity contribution in [3.63, 3.8) is 0 Å². The second-order valence-electron chi connectivity index (χ2n) is 8.61. The van der Waals surface area contributed by atoms with Gasteiger partial charge < -0.3 is 24.1 Å². The number of carbonyl (C=O) groups is 1. The third kappa shape index (κ3) is 3.71. The topological polar surface area (TPSA) is 82.8 Å². The number of allylic oxidation sites excluding steroid dienone is 2. The first kappa shape index (κ1) is 22.1. The van der Waals surface area contributed by atoms with Gasteiger partial charge in [0.2, 0.25) is 5.88 Å². The van der Waals surface area contributed by atoms with Crippen LogP contribution < -0.4 is 19.5 Å². The number of Topliss-reactive ketones (excluding diaryl/α,β-unsaturated/α-hetero) is 1. The Hall–Kier alpha value is -3.74. The molecule has 0 bridgehead atoms. The first-order valence-electron chi connectivity index (χ1n) is 11.5. The van der Waals surface area contributed by atoms with Gasteiger partial charge in [-0.15, -0.1) is 0 Å². The molecule has 34 heavy (non-hydrogen) atoms. The summed E-state index contributed by atoms with van der Waals surface area (Å²) in [7, 11) is 3.23. The Labute approximate surface area is 198 Å². The first-order chi connectivity index (χ1) is 16.5. The van der Waals surface area contributed by atoms with Crippen LogP contribution in [0, 0.1) is 6.92 Å². The zero-order chi connectivity index (χ0) is 23.8. The maximum Gasteiger partial charge on any atom is 0.233 e. The first-order valence-corrected chi connectivity index (χ1v) is 11.5. The lowest BCUT2D eigenvalue weighted by Gasteiger charge is -2.34. The number of benzene rings is 2. The van der Waals surface area contributed by atoms with Gasteiger partial charge in [-0.1, -0.05) is 23.4 Å². The van der Waals surface area contributed by atoms with Gasteiger partial charge in [0, 0.05) is 23.6 Å². The Balaban J connectivity index is 1.55. The van der Waals surface area contributed by atoms with Crippen molar-refractivity contribution in [3.05, 3.63) is 76.1 Å². The minimum Gasteiger partial charge on any atom is -0.494 e. The molecule has 0 saturated carbocycles. The van der Waals surface area contributed by atoms with E-state index in [1.807, 2.05) is 56.3 Å².